The van der Waals surface area contributed by atoms with Crippen molar-refractivity contribution in [2.75, 3.05) is 38.7 Å². The number of ether oxygens (including phenoxy) is 2. The number of halogens is 1. The molecule has 2 aliphatic rings. The number of hydrogen-bond acceptors (Lipinski definition) is 6. The first-order chi connectivity index (χ1) is 15.1. The van der Waals surface area contributed by atoms with Crippen molar-refractivity contribution < 1.29 is 18.7 Å². The van der Waals surface area contributed by atoms with E-state index in [2.05, 4.69) is 15.3 Å². The number of carbonyl (C=O) groups is 1. The summed E-state index contributed by atoms with van der Waals surface area (Å²) in [6.45, 7) is 4.79. The number of pyridine rings is 1. The predicted octanol–water partition coefficient (Wildman–Crippen LogP) is 4.66. The second-order valence-electron chi connectivity index (χ2n) is 7.70. The van der Waals surface area contributed by atoms with Crippen molar-refractivity contribution in [3.8, 4) is 5.88 Å². The minimum atomic E-state index is -1.02. The van der Waals surface area contributed by atoms with E-state index < -0.39 is 6.17 Å². The van der Waals surface area contributed by atoms with Gasteiger partial charge in [0.05, 0.1) is 11.8 Å². The molecule has 1 aliphatic carbocycles. The lowest BCUT2D eigenvalue weighted by Crippen LogP contribution is -2.39. The van der Waals surface area contributed by atoms with Crippen LogP contribution in [0.2, 0.25) is 0 Å². The van der Waals surface area contributed by atoms with Gasteiger partial charge in [-0.15, -0.1) is 0 Å². The van der Waals surface area contributed by atoms with E-state index in [0.29, 0.717) is 35.5 Å². The second-order valence-corrected chi connectivity index (χ2v) is 8.70. The molecule has 1 fully saturated rings. The molecule has 2 aromatic heterocycles. The fraction of sp³-hybridized carbons (Fsp3) is 0.500. The largest absolute Gasteiger partial charge is 0.479 e. The average Bonchev–Trinajstić information content (AvgIpc) is 3.20. The summed E-state index contributed by atoms with van der Waals surface area (Å²) in [5, 5.41) is 3.41. The van der Waals surface area contributed by atoms with E-state index in [1.807, 2.05) is 13.0 Å². The highest BCUT2D eigenvalue weighted by Gasteiger charge is 2.23. The highest BCUT2D eigenvalue weighted by atomic mass is 32.1. The maximum Gasteiger partial charge on any atom is 0.323 e. The van der Waals surface area contributed by atoms with E-state index in [0.717, 1.165) is 41.9 Å². The van der Waals surface area contributed by atoms with E-state index in [4.69, 9.17) is 9.47 Å². The molecule has 0 radical (unpaired) electrons. The molecule has 1 saturated heterocycles. The van der Waals surface area contributed by atoms with Crippen molar-refractivity contribution in [3.05, 3.63) is 30.0 Å². The summed E-state index contributed by atoms with van der Waals surface area (Å²) < 4.78 is 25.5. The zero-order chi connectivity index (χ0) is 21.8. The molecule has 3 heterocycles. The summed E-state index contributed by atoms with van der Waals surface area (Å²) in [7, 11) is 1.53. The van der Waals surface area contributed by atoms with Crippen LogP contribution in [0.5, 0.6) is 5.88 Å². The number of alkyl halides is 1. The molecule has 0 bridgehead atoms. The van der Waals surface area contributed by atoms with Crippen LogP contribution in [0.3, 0.4) is 0 Å². The quantitative estimate of drug-likeness (QED) is 0.698. The van der Waals surface area contributed by atoms with Crippen LogP contribution in [0.1, 0.15) is 31.7 Å². The number of fused-ring (bicyclic) bond motifs is 1. The minimum absolute atomic E-state index is 0.176. The normalized spacial score (nSPS) is 19.3. The molecule has 0 spiro atoms. The first-order valence-corrected chi connectivity index (χ1v) is 11.4. The van der Waals surface area contributed by atoms with E-state index in [1.54, 1.807) is 17.2 Å². The summed E-state index contributed by atoms with van der Waals surface area (Å²) in [6.07, 6.45) is 8.04. The van der Waals surface area contributed by atoms with Crippen LogP contribution in [0.4, 0.5) is 14.3 Å². The third-order valence-electron chi connectivity index (χ3n) is 5.66. The van der Waals surface area contributed by atoms with Gasteiger partial charge in [0.1, 0.15) is 11.7 Å². The number of thiazole rings is 1. The Morgan fingerprint density at radius 3 is 2.94 bits per heavy atom. The molecule has 4 rings (SSSR count). The maximum absolute atomic E-state index is 13.9. The molecule has 0 aromatic carbocycles. The van der Waals surface area contributed by atoms with Gasteiger partial charge < -0.3 is 14.4 Å². The van der Waals surface area contributed by atoms with E-state index in [1.165, 1.54) is 24.5 Å². The van der Waals surface area contributed by atoms with Gasteiger partial charge in [0, 0.05) is 44.5 Å². The van der Waals surface area contributed by atoms with Gasteiger partial charge in [-0.2, -0.15) is 0 Å². The Morgan fingerprint density at radius 2 is 2.23 bits per heavy atom. The molecule has 31 heavy (non-hydrogen) atoms. The monoisotopic (exact) mass is 446 g/mol. The highest BCUT2D eigenvalue weighted by molar-refractivity contribution is 7.22. The molecular weight excluding hydrogens is 419 g/mol. The zero-order valence-electron chi connectivity index (χ0n) is 17.8. The van der Waals surface area contributed by atoms with Gasteiger partial charge in [-0.05, 0) is 31.3 Å². The number of amides is 2. The molecule has 7 nitrogen and oxygen atoms in total. The predicted molar refractivity (Wildman–Crippen MR) is 120 cm³/mol. The van der Waals surface area contributed by atoms with E-state index in [-0.39, 0.29) is 12.5 Å². The lowest BCUT2D eigenvalue weighted by molar-refractivity contribution is 0.0576. The van der Waals surface area contributed by atoms with Crippen LogP contribution in [0.15, 0.2) is 24.4 Å². The third kappa shape index (κ3) is 4.88. The SMILES string of the molecule is CCN(CC1CCOCC1)C(=O)Nc1nc2c(OC)ncc(C3=CC=CC(F)C3)c2s1. The first kappa shape index (κ1) is 21.7. The number of anilines is 1. The Hall–Kier alpha value is -2.52. The van der Waals surface area contributed by atoms with Crippen molar-refractivity contribution >= 4 is 38.3 Å². The van der Waals surface area contributed by atoms with Gasteiger partial charge >= 0.3 is 6.03 Å². The number of nitrogens with zero attached hydrogens (tertiary/aromatic N) is 3. The fourth-order valence-corrected chi connectivity index (χ4v) is 4.92. The van der Waals surface area contributed by atoms with E-state index >= 15 is 0 Å². The van der Waals surface area contributed by atoms with Crippen LogP contribution >= 0.6 is 11.3 Å². The highest BCUT2D eigenvalue weighted by Crippen LogP contribution is 2.38. The van der Waals surface area contributed by atoms with Crippen molar-refractivity contribution in [1.82, 2.24) is 14.9 Å². The van der Waals surface area contributed by atoms with Gasteiger partial charge in [-0.3, -0.25) is 5.32 Å². The first-order valence-electron chi connectivity index (χ1n) is 10.6. The van der Waals surface area contributed by atoms with Gasteiger partial charge in [0.25, 0.3) is 0 Å². The summed E-state index contributed by atoms with van der Waals surface area (Å²) in [4.78, 5) is 23.6. The van der Waals surface area contributed by atoms with Gasteiger partial charge in [-0.25, -0.2) is 19.2 Å². The van der Waals surface area contributed by atoms with Crippen LogP contribution < -0.4 is 10.1 Å². The Kier molecular flexibility index (Phi) is 6.82. The molecule has 9 heteroatoms. The molecule has 1 unspecified atom stereocenters. The van der Waals surface area contributed by atoms with Crippen molar-refractivity contribution in [2.24, 2.45) is 5.92 Å². The molecule has 2 aromatic rings. The topological polar surface area (TPSA) is 76.6 Å². The van der Waals surface area contributed by atoms with Crippen LogP contribution in [-0.4, -0.2) is 60.5 Å². The lowest BCUT2D eigenvalue weighted by Gasteiger charge is -2.28. The van der Waals surface area contributed by atoms with Crippen LogP contribution in [0.25, 0.3) is 15.8 Å². The zero-order valence-corrected chi connectivity index (χ0v) is 18.6. The van der Waals surface area contributed by atoms with Crippen LogP contribution in [0, 0.1) is 5.92 Å². The van der Waals surface area contributed by atoms with E-state index in [9.17, 15) is 9.18 Å². The summed E-state index contributed by atoms with van der Waals surface area (Å²) in [5.74, 6) is 0.833. The minimum Gasteiger partial charge on any atom is -0.479 e. The summed E-state index contributed by atoms with van der Waals surface area (Å²) >= 11 is 1.35. The number of aromatic nitrogens is 2. The smallest absolute Gasteiger partial charge is 0.323 e. The Balaban J connectivity index is 1.57. The number of methoxy groups -OCH3 is 1. The Bertz CT molecular complexity index is 1000. The van der Waals surface area contributed by atoms with Gasteiger partial charge in [0.15, 0.2) is 5.13 Å². The molecule has 1 N–H and O–H groups in total. The number of rotatable bonds is 6. The fourth-order valence-electron chi connectivity index (χ4n) is 3.93. The standard InChI is InChI=1S/C22H27FN4O3S/c1-3-27(13-14-7-9-30-10-8-14)22(28)26-21-25-18-19(31-21)17(12-24-20(18)29-2)15-5-4-6-16(23)11-15/h4-6,12,14,16H,3,7-11,13H2,1-2H3,(H,25,26,28). The molecule has 1 aliphatic heterocycles. The number of nitrogens with one attached hydrogen (secondary N) is 1. The van der Waals surface area contributed by atoms with Crippen molar-refractivity contribution in [2.45, 2.75) is 32.4 Å². The maximum atomic E-state index is 13.9. The molecule has 0 saturated carbocycles. The summed E-state index contributed by atoms with van der Waals surface area (Å²) in [5.41, 5.74) is 2.24. The van der Waals surface area contributed by atoms with Crippen molar-refractivity contribution in [3.63, 3.8) is 0 Å². The molecule has 166 valence electrons. The number of allylic oxidation sites excluding steroid dienone is 4. The lowest BCUT2D eigenvalue weighted by atomic mass is 9.97. The van der Waals surface area contributed by atoms with Gasteiger partial charge in [-0.1, -0.05) is 29.6 Å². The molecule has 1 atom stereocenters. The molecule has 2 amide bonds. The Labute approximate surface area is 185 Å². The molecular formula is C22H27FN4O3S. The third-order valence-corrected chi connectivity index (χ3v) is 6.66. The number of hydrogen-bond donors (Lipinski definition) is 1. The number of urea groups is 1. The number of carbonyl (C=O) groups excluding carboxylic acids is 1. The summed E-state index contributed by atoms with van der Waals surface area (Å²) in [6, 6.07) is -0.176. The Morgan fingerprint density at radius 1 is 1.42 bits per heavy atom. The second kappa shape index (κ2) is 9.74. The van der Waals surface area contributed by atoms with Crippen LogP contribution in [-0.2, 0) is 4.74 Å². The average molecular weight is 447 g/mol. The van der Waals surface area contributed by atoms with Gasteiger partial charge in [0.2, 0.25) is 5.88 Å². The van der Waals surface area contributed by atoms with Crippen molar-refractivity contribution in [1.29, 1.82) is 0 Å².